The Balaban J connectivity index is 2.12. The molecule has 0 bridgehead atoms. The fourth-order valence-electron chi connectivity index (χ4n) is 2.25. The minimum Gasteiger partial charge on any atom is -0.384 e. The summed E-state index contributed by atoms with van der Waals surface area (Å²) in [4.78, 5) is 12.9. The molecule has 1 aromatic carbocycles. The normalized spacial score (nSPS) is 10.9. The van der Waals surface area contributed by atoms with E-state index in [4.69, 9.17) is 10.5 Å². The Hall–Kier alpha value is -2.53. The van der Waals surface area contributed by atoms with Crippen LogP contribution in [0.4, 0.5) is 5.82 Å². The number of nitrogens with two attached hydrogens (primary N) is 1. The highest BCUT2D eigenvalue weighted by Gasteiger charge is 2.08. The molecule has 0 aliphatic rings. The van der Waals surface area contributed by atoms with Crippen LogP contribution in [0.1, 0.15) is 12.7 Å². The van der Waals surface area contributed by atoms with Crippen LogP contribution in [0, 0.1) is 0 Å². The molecule has 0 saturated heterocycles. The molecule has 0 spiro atoms. The highest BCUT2D eigenvalue weighted by atomic mass is 16.5. The van der Waals surface area contributed by atoms with Gasteiger partial charge in [0.05, 0.1) is 5.69 Å². The van der Waals surface area contributed by atoms with Crippen molar-refractivity contribution in [3.63, 3.8) is 0 Å². The van der Waals surface area contributed by atoms with Crippen molar-refractivity contribution in [3.8, 4) is 11.3 Å². The number of aromatic nitrogens is 3. The van der Waals surface area contributed by atoms with Crippen LogP contribution in [-0.4, -0.2) is 21.6 Å². The lowest BCUT2D eigenvalue weighted by Gasteiger charge is -2.08. The highest BCUT2D eigenvalue weighted by molar-refractivity contribution is 5.95. The average Bonchev–Trinajstić information content (AvgIpc) is 2.52. The van der Waals surface area contributed by atoms with Gasteiger partial charge in [-0.1, -0.05) is 18.2 Å². The summed E-state index contributed by atoms with van der Waals surface area (Å²) < 4.78 is 5.36. The predicted molar refractivity (Wildman–Crippen MR) is 82.5 cm³/mol. The van der Waals surface area contributed by atoms with Gasteiger partial charge in [-0.15, -0.1) is 0 Å². The van der Waals surface area contributed by atoms with E-state index in [9.17, 15) is 0 Å². The van der Waals surface area contributed by atoms with Crippen molar-refractivity contribution >= 4 is 16.6 Å². The van der Waals surface area contributed by atoms with E-state index in [-0.39, 0.29) is 0 Å². The number of rotatable bonds is 4. The van der Waals surface area contributed by atoms with E-state index in [0.29, 0.717) is 24.9 Å². The maximum atomic E-state index is 5.89. The van der Waals surface area contributed by atoms with Gasteiger partial charge in [-0.2, -0.15) is 0 Å². The molecule has 5 heteroatoms. The van der Waals surface area contributed by atoms with Gasteiger partial charge in [-0.05, 0) is 18.4 Å². The number of pyridine rings is 1. The van der Waals surface area contributed by atoms with Crippen LogP contribution < -0.4 is 5.73 Å². The third-order valence-corrected chi connectivity index (χ3v) is 3.19. The molecule has 0 fully saturated rings. The molecular formula is C16H16N4O. The van der Waals surface area contributed by atoms with E-state index in [0.717, 1.165) is 22.0 Å². The van der Waals surface area contributed by atoms with Gasteiger partial charge in [0.1, 0.15) is 12.4 Å². The molecule has 3 rings (SSSR count). The van der Waals surface area contributed by atoms with Gasteiger partial charge in [0.25, 0.3) is 0 Å². The van der Waals surface area contributed by atoms with Crippen LogP contribution in [0.3, 0.4) is 0 Å². The molecular weight excluding hydrogens is 264 g/mol. The molecule has 0 aliphatic heterocycles. The van der Waals surface area contributed by atoms with Crippen molar-refractivity contribution < 1.29 is 4.74 Å². The molecule has 21 heavy (non-hydrogen) atoms. The van der Waals surface area contributed by atoms with Crippen LogP contribution in [-0.2, 0) is 11.3 Å². The summed E-state index contributed by atoms with van der Waals surface area (Å²) in [5, 5.41) is 2.16. The molecule has 106 valence electrons. The second-order valence-electron chi connectivity index (χ2n) is 4.63. The van der Waals surface area contributed by atoms with E-state index in [1.54, 1.807) is 12.3 Å². The largest absolute Gasteiger partial charge is 0.384 e. The molecule has 3 aromatic rings. The minimum absolute atomic E-state index is 0.359. The Morgan fingerprint density at radius 1 is 1.19 bits per heavy atom. The van der Waals surface area contributed by atoms with Crippen LogP contribution in [0.15, 0.2) is 42.7 Å². The zero-order chi connectivity index (χ0) is 14.7. The van der Waals surface area contributed by atoms with E-state index < -0.39 is 0 Å². The third kappa shape index (κ3) is 2.83. The summed E-state index contributed by atoms with van der Waals surface area (Å²) in [6, 6.07) is 9.81. The van der Waals surface area contributed by atoms with Gasteiger partial charge in [-0.3, -0.25) is 4.98 Å². The standard InChI is InChI=1S/C16H16N4O/c1-2-21-10-16-19-14(8-15(17)20-16)12-5-3-4-11-6-7-18-9-13(11)12/h3-9H,2,10H2,1H3,(H2,17,19,20). The molecule has 0 saturated carbocycles. The number of benzene rings is 1. The van der Waals surface area contributed by atoms with Gasteiger partial charge < -0.3 is 10.5 Å². The number of nitrogens with zero attached hydrogens (tertiary/aromatic N) is 3. The van der Waals surface area contributed by atoms with Gasteiger partial charge in [0, 0.05) is 36.0 Å². The van der Waals surface area contributed by atoms with Gasteiger partial charge in [-0.25, -0.2) is 9.97 Å². The number of hydrogen-bond donors (Lipinski definition) is 1. The molecule has 5 nitrogen and oxygen atoms in total. The van der Waals surface area contributed by atoms with E-state index in [2.05, 4.69) is 15.0 Å². The first-order valence-corrected chi connectivity index (χ1v) is 6.82. The van der Waals surface area contributed by atoms with Crippen molar-refractivity contribution in [2.24, 2.45) is 0 Å². The van der Waals surface area contributed by atoms with Gasteiger partial charge in [0.2, 0.25) is 0 Å². The monoisotopic (exact) mass is 280 g/mol. The molecule has 0 radical (unpaired) electrons. The Morgan fingerprint density at radius 2 is 2.10 bits per heavy atom. The van der Waals surface area contributed by atoms with Crippen LogP contribution in [0.5, 0.6) is 0 Å². The highest BCUT2D eigenvalue weighted by Crippen LogP contribution is 2.27. The Morgan fingerprint density at radius 3 is 2.95 bits per heavy atom. The summed E-state index contributed by atoms with van der Waals surface area (Å²) in [7, 11) is 0. The van der Waals surface area contributed by atoms with Gasteiger partial charge >= 0.3 is 0 Å². The minimum atomic E-state index is 0.359. The number of hydrogen-bond acceptors (Lipinski definition) is 5. The number of fused-ring (bicyclic) bond motifs is 1. The molecule has 0 aliphatic carbocycles. The first-order chi connectivity index (χ1) is 10.3. The lowest BCUT2D eigenvalue weighted by atomic mass is 10.0. The summed E-state index contributed by atoms with van der Waals surface area (Å²) in [5.41, 5.74) is 7.67. The average molecular weight is 280 g/mol. The SMILES string of the molecule is CCOCc1nc(N)cc(-c2cccc3ccncc23)n1. The second kappa shape index (κ2) is 5.85. The van der Waals surface area contributed by atoms with Crippen molar-refractivity contribution in [3.05, 3.63) is 48.5 Å². The lowest BCUT2D eigenvalue weighted by Crippen LogP contribution is -2.03. The number of nitrogen functional groups attached to an aromatic ring is 1. The van der Waals surface area contributed by atoms with E-state index >= 15 is 0 Å². The van der Waals surface area contributed by atoms with Crippen molar-refractivity contribution in [2.45, 2.75) is 13.5 Å². The summed E-state index contributed by atoms with van der Waals surface area (Å²) in [6.45, 7) is 2.91. The molecule has 0 unspecified atom stereocenters. The second-order valence-corrected chi connectivity index (χ2v) is 4.63. The Kier molecular flexibility index (Phi) is 3.75. The quantitative estimate of drug-likeness (QED) is 0.795. The van der Waals surface area contributed by atoms with Crippen molar-refractivity contribution in [2.75, 3.05) is 12.3 Å². The van der Waals surface area contributed by atoms with Gasteiger partial charge in [0.15, 0.2) is 5.82 Å². The summed E-state index contributed by atoms with van der Waals surface area (Å²) in [6.07, 6.45) is 3.62. The molecule has 2 N–H and O–H groups in total. The van der Waals surface area contributed by atoms with E-state index in [1.807, 2.05) is 37.4 Å². The van der Waals surface area contributed by atoms with Crippen LogP contribution >= 0.6 is 0 Å². The smallest absolute Gasteiger partial charge is 0.157 e. The maximum Gasteiger partial charge on any atom is 0.157 e. The summed E-state index contributed by atoms with van der Waals surface area (Å²) >= 11 is 0. The molecule has 2 heterocycles. The van der Waals surface area contributed by atoms with Crippen LogP contribution in [0.2, 0.25) is 0 Å². The molecule has 0 atom stereocenters. The molecule has 2 aromatic heterocycles. The zero-order valence-corrected chi connectivity index (χ0v) is 11.8. The molecule has 0 amide bonds. The Bertz CT molecular complexity index is 768. The number of ether oxygens (including phenoxy) is 1. The fraction of sp³-hybridized carbons (Fsp3) is 0.188. The lowest BCUT2D eigenvalue weighted by molar-refractivity contribution is 0.128. The third-order valence-electron chi connectivity index (χ3n) is 3.19. The Labute approximate surface area is 122 Å². The fourth-order valence-corrected chi connectivity index (χ4v) is 2.25. The maximum absolute atomic E-state index is 5.89. The predicted octanol–water partition coefficient (Wildman–Crippen LogP) is 2.81. The van der Waals surface area contributed by atoms with Crippen molar-refractivity contribution in [1.82, 2.24) is 15.0 Å². The van der Waals surface area contributed by atoms with Crippen molar-refractivity contribution in [1.29, 1.82) is 0 Å². The van der Waals surface area contributed by atoms with Crippen LogP contribution in [0.25, 0.3) is 22.0 Å². The zero-order valence-electron chi connectivity index (χ0n) is 11.8. The van der Waals surface area contributed by atoms with E-state index in [1.165, 1.54) is 0 Å². The number of anilines is 1. The first kappa shape index (κ1) is 13.5. The first-order valence-electron chi connectivity index (χ1n) is 6.82. The topological polar surface area (TPSA) is 73.9 Å². The summed E-state index contributed by atoms with van der Waals surface area (Å²) in [5.74, 6) is 1.03.